The Hall–Kier alpha value is -0.980. The molecule has 2 unspecified atom stereocenters. The van der Waals surface area contributed by atoms with Gasteiger partial charge in [0.25, 0.3) is 5.89 Å². The zero-order valence-electron chi connectivity index (χ0n) is 9.69. The van der Waals surface area contributed by atoms with Crippen molar-refractivity contribution in [2.45, 2.75) is 37.4 Å². The van der Waals surface area contributed by atoms with Crippen LogP contribution in [0.5, 0.6) is 0 Å². The van der Waals surface area contributed by atoms with Gasteiger partial charge in [0.15, 0.2) is 5.60 Å². The second-order valence-corrected chi connectivity index (χ2v) is 4.77. The van der Waals surface area contributed by atoms with Gasteiger partial charge in [-0.25, -0.2) is 0 Å². The molecule has 3 rings (SSSR count). The van der Waals surface area contributed by atoms with Crippen molar-refractivity contribution in [3.63, 3.8) is 0 Å². The predicted octanol–water partition coefficient (Wildman–Crippen LogP) is 0.492. The van der Waals surface area contributed by atoms with Crippen LogP contribution in [0.2, 0.25) is 0 Å². The molecular formula is C11H17N3O3. The summed E-state index contributed by atoms with van der Waals surface area (Å²) in [6.07, 6.45) is 3.46. The summed E-state index contributed by atoms with van der Waals surface area (Å²) >= 11 is 0. The lowest BCUT2D eigenvalue weighted by Crippen LogP contribution is -2.43. The molecule has 2 saturated heterocycles. The lowest BCUT2D eigenvalue weighted by molar-refractivity contribution is -0.0167. The first-order valence-electron chi connectivity index (χ1n) is 6.17. The molecule has 17 heavy (non-hydrogen) atoms. The van der Waals surface area contributed by atoms with Crippen LogP contribution in [0.15, 0.2) is 4.52 Å². The van der Waals surface area contributed by atoms with Crippen LogP contribution in [0.3, 0.4) is 0 Å². The highest BCUT2D eigenvalue weighted by atomic mass is 16.5. The first-order valence-corrected chi connectivity index (χ1v) is 6.17. The van der Waals surface area contributed by atoms with E-state index in [2.05, 4.69) is 15.5 Å². The van der Waals surface area contributed by atoms with E-state index in [1.54, 1.807) is 0 Å². The lowest BCUT2D eigenvalue weighted by atomic mass is 9.94. The molecule has 0 radical (unpaired) electrons. The number of rotatable bonds is 2. The van der Waals surface area contributed by atoms with E-state index in [1.165, 1.54) is 0 Å². The fourth-order valence-corrected chi connectivity index (χ4v) is 2.41. The van der Waals surface area contributed by atoms with Crippen LogP contribution < -0.4 is 5.32 Å². The molecule has 1 aromatic heterocycles. The Balaban J connectivity index is 1.78. The number of piperidine rings is 1. The van der Waals surface area contributed by atoms with Crippen LogP contribution in [0.25, 0.3) is 0 Å². The predicted molar refractivity (Wildman–Crippen MR) is 58.2 cm³/mol. The zero-order chi connectivity index (χ0) is 11.7. The average Bonchev–Trinajstić information content (AvgIpc) is 3.01. The Bertz CT molecular complexity index is 381. The van der Waals surface area contributed by atoms with E-state index < -0.39 is 5.60 Å². The monoisotopic (exact) mass is 239 g/mol. The zero-order valence-corrected chi connectivity index (χ0v) is 9.69. The van der Waals surface area contributed by atoms with Crippen LogP contribution >= 0.6 is 0 Å². The van der Waals surface area contributed by atoms with Gasteiger partial charge < -0.3 is 19.7 Å². The third-order valence-corrected chi connectivity index (χ3v) is 3.42. The van der Waals surface area contributed by atoms with Gasteiger partial charge in [0.2, 0.25) is 5.82 Å². The highest BCUT2D eigenvalue weighted by molar-refractivity contribution is 5.03. The Labute approximate surface area is 99.3 Å². The number of aromatic nitrogens is 2. The average molecular weight is 239 g/mol. The van der Waals surface area contributed by atoms with Gasteiger partial charge in [-0.2, -0.15) is 4.98 Å². The van der Waals surface area contributed by atoms with E-state index in [0.717, 1.165) is 32.4 Å². The molecule has 0 amide bonds. The molecule has 2 atom stereocenters. The largest absolute Gasteiger partial charge is 0.379 e. The van der Waals surface area contributed by atoms with Crippen molar-refractivity contribution in [3.8, 4) is 0 Å². The number of hydrogen-bond acceptors (Lipinski definition) is 6. The maximum atomic E-state index is 10.4. The highest BCUT2D eigenvalue weighted by Gasteiger charge is 2.38. The van der Waals surface area contributed by atoms with Crippen molar-refractivity contribution in [1.82, 2.24) is 15.5 Å². The third kappa shape index (κ3) is 2.08. The molecule has 0 saturated carbocycles. The fraction of sp³-hybridized carbons (Fsp3) is 0.818. The lowest BCUT2D eigenvalue weighted by Gasteiger charge is -2.28. The highest BCUT2D eigenvalue weighted by Crippen LogP contribution is 2.30. The fourth-order valence-electron chi connectivity index (χ4n) is 2.41. The van der Waals surface area contributed by atoms with Crippen molar-refractivity contribution in [2.24, 2.45) is 0 Å². The van der Waals surface area contributed by atoms with Gasteiger partial charge >= 0.3 is 0 Å². The van der Waals surface area contributed by atoms with Gasteiger partial charge in [0, 0.05) is 13.2 Å². The van der Waals surface area contributed by atoms with Gasteiger partial charge in [0.05, 0.1) is 0 Å². The molecule has 0 bridgehead atoms. The molecular weight excluding hydrogens is 222 g/mol. The Morgan fingerprint density at radius 1 is 1.41 bits per heavy atom. The molecule has 1 aromatic rings. The minimum atomic E-state index is -1.01. The van der Waals surface area contributed by atoms with Crippen molar-refractivity contribution in [2.75, 3.05) is 19.7 Å². The summed E-state index contributed by atoms with van der Waals surface area (Å²) in [6.45, 7) is 2.15. The molecule has 6 nitrogen and oxygen atoms in total. The van der Waals surface area contributed by atoms with Crippen molar-refractivity contribution >= 4 is 0 Å². The summed E-state index contributed by atoms with van der Waals surface area (Å²) in [5.74, 6) is 0.881. The van der Waals surface area contributed by atoms with E-state index >= 15 is 0 Å². The number of β-amino-alcohol motifs (C(OH)–C–C–N with tert-alkyl or cyclic N) is 1. The SMILES string of the molecule is OC1(c2nc(C3CCCO3)no2)CCCNC1. The quantitative estimate of drug-likeness (QED) is 0.782. The van der Waals surface area contributed by atoms with Crippen LogP contribution in [-0.4, -0.2) is 34.9 Å². The van der Waals surface area contributed by atoms with Crippen molar-refractivity contribution in [1.29, 1.82) is 0 Å². The van der Waals surface area contributed by atoms with Gasteiger partial charge in [0.1, 0.15) is 6.10 Å². The van der Waals surface area contributed by atoms with Crippen LogP contribution in [-0.2, 0) is 10.3 Å². The number of hydrogen-bond donors (Lipinski definition) is 2. The first kappa shape index (κ1) is 11.1. The second-order valence-electron chi connectivity index (χ2n) is 4.77. The molecule has 2 aliphatic heterocycles. The standard InChI is InChI=1S/C11H17N3O3/c15-11(4-2-5-12-7-11)10-13-9(14-17-10)8-3-1-6-16-8/h8,12,15H,1-7H2. The smallest absolute Gasteiger partial charge is 0.260 e. The van der Waals surface area contributed by atoms with Crippen LogP contribution in [0.1, 0.15) is 43.5 Å². The normalized spacial score (nSPS) is 34.1. The molecule has 2 aliphatic rings. The van der Waals surface area contributed by atoms with Crippen molar-refractivity contribution in [3.05, 3.63) is 11.7 Å². The molecule has 2 fully saturated rings. The van der Waals surface area contributed by atoms with Crippen molar-refractivity contribution < 1.29 is 14.4 Å². The van der Waals surface area contributed by atoms with E-state index in [1.807, 2.05) is 0 Å². The Kier molecular flexibility index (Phi) is 2.85. The number of nitrogens with zero attached hydrogens (tertiary/aromatic N) is 2. The molecule has 94 valence electrons. The molecule has 3 heterocycles. The third-order valence-electron chi connectivity index (χ3n) is 3.42. The number of nitrogens with one attached hydrogen (secondary N) is 1. The first-order chi connectivity index (χ1) is 8.28. The van der Waals surface area contributed by atoms with E-state index in [-0.39, 0.29) is 6.10 Å². The minimum Gasteiger partial charge on any atom is -0.379 e. The van der Waals surface area contributed by atoms with Gasteiger partial charge in [-0.05, 0) is 32.2 Å². The molecule has 0 spiro atoms. The van der Waals surface area contributed by atoms with E-state index in [4.69, 9.17) is 9.26 Å². The van der Waals surface area contributed by atoms with Crippen LogP contribution in [0.4, 0.5) is 0 Å². The van der Waals surface area contributed by atoms with Gasteiger partial charge in [-0.3, -0.25) is 0 Å². The summed E-state index contributed by atoms with van der Waals surface area (Å²) in [5, 5.41) is 17.5. The number of ether oxygens (including phenoxy) is 1. The summed E-state index contributed by atoms with van der Waals surface area (Å²) < 4.78 is 10.7. The maximum absolute atomic E-state index is 10.4. The van der Waals surface area contributed by atoms with Gasteiger partial charge in [-0.1, -0.05) is 5.16 Å². The molecule has 0 aromatic carbocycles. The molecule has 6 heteroatoms. The minimum absolute atomic E-state index is 0.0624. The van der Waals surface area contributed by atoms with E-state index in [9.17, 15) is 5.11 Å². The maximum Gasteiger partial charge on any atom is 0.260 e. The topological polar surface area (TPSA) is 80.4 Å². The second kappa shape index (κ2) is 4.36. The van der Waals surface area contributed by atoms with Gasteiger partial charge in [-0.15, -0.1) is 0 Å². The van der Waals surface area contributed by atoms with E-state index in [0.29, 0.717) is 24.7 Å². The Morgan fingerprint density at radius 2 is 2.35 bits per heavy atom. The molecule has 0 aliphatic carbocycles. The molecule has 2 N–H and O–H groups in total. The van der Waals surface area contributed by atoms with Crippen LogP contribution in [0, 0.1) is 0 Å². The summed E-state index contributed by atoms with van der Waals surface area (Å²) in [5.41, 5.74) is -1.01. The summed E-state index contributed by atoms with van der Waals surface area (Å²) in [6, 6.07) is 0. The summed E-state index contributed by atoms with van der Waals surface area (Å²) in [4.78, 5) is 4.29. The Morgan fingerprint density at radius 3 is 3.06 bits per heavy atom. The number of aliphatic hydroxyl groups is 1. The summed E-state index contributed by atoms with van der Waals surface area (Å²) in [7, 11) is 0.